The molecule has 2 N–H and O–H groups in total. The van der Waals surface area contributed by atoms with E-state index in [1.54, 1.807) is 6.20 Å². The van der Waals surface area contributed by atoms with Crippen LogP contribution in [-0.2, 0) is 16.0 Å². The first kappa shape index (κ1) is 27.8. The van der Waals surface area contributed by atoms with Gasteiger partial charge in [0.1, 0.15) is 11.5 Å². The monoisotopic (exact) mass is 561 g/mol. The molecule has 0 amide bonds. The molecule has 42 heavy (non-hydrogen) atoms. The number of hydrogen-bond acceptors (Lipinski definition) is 9. The summed E-state index contributed by atoms with van der Waals surface area (Å²) in [6.07, 6.45) is 3.25. The zero-order valence-electron chi connectivity index (χ0n) is 24.0. The van der Waals surface area contributed by atoms with Gasteiger partial charge in [0.2, 0.25) is 5.95 Å². The van der Waals surface area contributed by atoms with Crippen LogP contribution in [0.15, 0.2) is 73.1 Å². The number of ether oxygens (including phenoxy) is 2. The van der Waals surface area contributed by atoms with Crippen LogP contribution in [0.4, 0.5) is 17.5 Å². The van der Waals surface area contributed by atoms with Gasteiger partial charge in [-0.15, -0.1) is 0 Å². The van der Waals surface area contributed by atoms with Gasteiger partial charge in [-0.2, -0.15) is 4.98 Å². The van der Waals surface area contributed by atoms with Crippen molar-refractivity contribution in [3.05, 3.63) is 95.4 Å². The van der Waals surface area contributed by atoms with Crippen LogP contribution in [-0.4, -0.2) is 78.2 Å². The molecule has 0 spiro atoms. The predicted octanol–water partition coefficient (Wildman–Crippen LogP) is 4.52. The van der Waals surface area contributed by atoms with Crippen molar-refractivity contribution >= 4 is 17.5 Å². The molecule has 9 nitrogen and oxygen atoms in total. The van der Waals surface area contributed by atoms with Crippen LogP contribution in [0.1, 0.15) is 28.7 Å². The van der Waals surface area contributed by atoms with Gasteiger partial charge in [-0.1, -0.05) is 30.2 Å². The Morgan fingerprint density at radius 2 is 1.67 bits per heavy atom. The third-order valence-corrected chi connectivity index (χ3v) is 7.45. The highest BCUT2D eigenvalue weighted by Gasteiger charge is 2.18. The average Bonchev–Trinajstić information content (AvgIpc) is 3.58. The fourth-order valence-corrected chi connectivity index (χ4v) is 5.01. The van der Waals surface area contributed by atoms with E-state index in [2.05, 4.69) is 73.6 Å². The molecule has 0 saturated carbocycles. The molecule has 2 aliphatic heterocycles. The number of anilines is 3. The lowest BCUT2D eigenvalue weighted by Crippen LogP contribution is -2.43. The number of nitrogens with one attached hydrogen (secondary N) is 2. The van der Waals surface area contributed by atoms with Crippen LogP contribution >= 0.6 is 0 Å². The summed E-state index contributed by atoms with van der Waals surface area (Å²) < 4.78 is 11.1. The quantitative estimate of drug-likeness (QED) is 0.316. The maximum absolute atomic E-state index is 5.57. The fourth-order valence-electron chi connectivity index (χ4n) is 5.01. The van der Waals surface area contributed by atoms with Gasteiger partial charge in [0.15, 0.2) is 6.29 Å². The van der Waals surface area contributed by atoms with Crippen molar-refractivity contribution in [3.63, 3.8) is 0 Å². The SMILES string of the molecule is CNc1nc(Nc2ccc(C#Cc3cc(C4OCCO4)ccn3)cc2)ncc1-c1ccc(CN2CCN(C)CC2)cc1. The Morgan fingerprint density at radius 1 is 0.905 bits per heavy atom. The third kappa shape index (κ3) is 6.93. The fraction of sp³-hybridized carbons (Fsp3) is 0.303. The summed E-state index contributed by atoms with van der Waals surface area (Å²) in [5.74, 6) is 7.59. The molecule has 4 aromatic rings. The van der Waals surface area contributed by atoms with E-state index in [1.165, 1.54) is 5.56 Å². The number of hydrogen-bond donors (Lipinski definition) is 2. The number of nitrogens with zero attached hydrogens (tertiary/aromatic N) is 5. The summed E-state index contributed by atoms with van der Waals surface area (Å²) in [6, 6.07) is 20.3. The van der Waals surface area contributed by atoms with Crippen molar-refractivity contribution in [1.82, 2.24) is 24.8 Å². The van der Waals surface area contributed by atoms with Crippen LogP contribution < -0.4 is 10.6 Å². The van der Waals surface area contributed by atoms with E-state index in [9.17, 15) is 0 Å². The number of pyridine rings is 1. The maximum Gasteiger partial charge on any atom is 0.229 e. The molecule has 6 rings (SSSR count). The molecule has 2 aromatic carbocycles. The van der Waals surface area contributed by atoms with Gasteiger partial charge in [0, 0.05) is 74.5 Å². The number of piperazine rings is 1. The van der Waals surface area contributed by atoms with Crippen LogP contribution in [0.5, 0.6) is 0 Å². The minimum atomic E-state index is -0.337. The molecule has 0 aliphatic carbocycles. The lowest BCUT2D eigenvalue weighted by Gasteiger charge is -2.32. The lowest BCUT2D eigenvalue weighted by atomic mass is 10.1. The molecule has 214 valence electrons. The minimum absolute atomic E-state index is 0.337. The molecule has 2 aliphatic rings. The van der Waals surface area contributed by atoms with Gasteiger partial charge < -0.3 is 25.0 Å². The zero-order valence-corrected chi connectivity index (χ0v) is 24.0. The average molecular weight is 562 g/mol. The molecule has 2 fully saturated rings. The molecule has 2 aromatic heterocycles. The largest absolute Gasteiger partial charge is 0.372 e. The first-order valence-electron chi connectivity index (χ1n) is 14.3. The number of benzene rings is 2. The van der Waals surface area contributed by atoms with Crippen LogP contribution in [0.3, 0.4) is 0 Å². The van der Waals surface area contributed by atoms with Gasteiger partial charge in [0.05, 0.1) is 13.2 Å². The summed E-state index contributed by atoms with van der Waals surface area (Å²) in [5.41, 5.74) is 6.72. The van der Waals surface area contributed by atoms with Gasteiger partial charge in [-0.3, -0.25) is 4.90 Å². The van der Waals surface area contributed by atoms with Crippen LogP contribution in [0.2, 0.25) is 0 Å². The van der Waals surface area contributed by atoms with E-state index >= 15 is 0 Å². The molecular formula is C33H35N7O2. The number of aromatic nitrogens is 3. The van der Waals surface area contributed by atoms with Crippen molar-refractivity contribution in [2.24, 2.45) is 0 Å². The first-order chi connectivity index (χ1) is 20.6. The second-order valence-electron chi connectivity index (χ2n) is 10.5. The standard InChI is InChI=1S/C33H35N7O2/c1-34-31-30(26-8-3-25(4-9-26)23-40-17-15-39(2)16-18-40)22-36-33(38-31)37-28-10-5-24(6-11-28)7-12-29-21-27(13-14-35-29)32-41-19-20-42-32/h3-6,8-11,13-14,21-22,32H,15-20,23H2,1-2H3,(H2,34,36,37,38). The van der Waals surface area contributed by atoms with Crippen molar-refractivity contribution < 1.29 is 9.47 Å². The smallest absolute Gasteiger partial charge is 0.229 e. The Morgan fingerprint density at radius 3 is 2.40 bits per heavy atom. The van der Waals surface area contributed by atoms with Crippen molar-refractivity contribution in [2.75, 3.05) is 64.1 Å². The number of likely N-dealkylation sites (N-methyl/N-ethyl adjacent to an activating group) is 1. The molecule has 9 heteroatoms. The summed E-state index contributed by atoms with van der Waals surface area (Å²) in [6.45, 7) is 6.65. The van der Waals surface area contributed by atoms with E-state index in [-0.39, 0.29) is 6.29 Å². The highest BCUT2D eigenvalue weighted by molar-refractivity contribution is 5.75. The predicted molar refractivity (Wildman–Crippen MR) is 164 cm³/mol. The third-order valence-electron chi connectivity index (χ3n) is 7.45. The summed E-state index contributed by atoms with van der Waals surface area (Å²) >= 11 is 0. The topological polar surface area (TPSA) is 87.7 Å². The van der Waals surface area contributed by atoms with E-state index in [0.29, 0.717) is 24.9 Å². The molecular weight excluding hydrogens is 526 g/mol. The Labute approximate surface area is 246 Å². The molecule has 4 heterocycles. The van der Waals surface area contributed by atoms with E-state index in [0.717, 1.165) is 66.5 Å². The Balaban J connectivity index is 1.09. The Bertz CT molecular complexity index is 1550. The normalized spacial score (nSPS) is 16.1. The maximum atomic E-state index is 5.57. The van der Waals surface area contributed by atoms with Crippen LogP contribution in [0.25, 0.3) is 11.1 Å². The van der Waals surface area contributed by atoms with Crippen molar-refractivity contribution in [1.29, 1.82) is 0 Å². The lowest BCUT2D eigenvalue weighted by molar-refractivity contribution is -0.0441. The van der Waals surface area contributed by atoms with Gasteiger partial charge >= 0.3 is 0 Å². The molecule has 0 unspecified atom stereocenters. The second-order valence-corrected chi connectivity index (χ2v) is 10.5. The minimum Gasteiger partial charge on any atom is -0.372 e. The molecule has 2 saturated heterocycles. The Hall–Kier alpha value is -4.33. The summed E-state index contributed by atoms with van der Waals surface area (Å²) in [4.78, 5) is 18.6. The van der Waals surface area contributed by atoms with Gasteiger partial charge in [-0.05, 0) is 60.5 Å². The molecule has 0 bridgehead atoms. The zero-order chi connectivity index (χ0) is 28.7. The summed E-state index contributed by atoms with van der Waals surface area (Å²) in [7, 11) is 4.06. The number of rotatable bonds is 7. The van der Waals surface area contributed by atoms with Crippen LogP contribution in [0, 0.1) is 11.8 Å². The summed E-state index contributed by atoms with van der Waals surface area (Å²) in [5, 5.41) is 6.52. The highest BCUT2D eigenvalue weighted by atomic mass is 16.7. The first-order valence-corrected chi connectivity index (χ1v) is 14.3. The van der Waals surface area contributed by atoms with E-state index < -0.39 is 0 Å². The Kier molecular flexibility index (Phi) is 8.68. The van der Waals surface area contributed by atoms with E-state index in [4.69, 9.17) is 14.5 Å². The van der Waals surface area contributed by atoms with Gasteiger partial charge in [0.25, 0.3) is 0 Å². The van der Waals surface area contributed by atoms with Crippen molar-refractivity contribution in [2.45, 2.75) is 12.8 Å². The van der Waals surface area contributed by atoms with Gasteiger partial charge in [-0.25, -0.2) is 9.97 Å². The second kappa shape index (κ2) is 13.1. The van der Waals surface area contributed by atoms with E-state index in [1.807, 2.05) is 49.6 Å². The van der Waals surface area contributed by atoms with Crippen molar-refractivity contribution in [3.8, 4) is 23.0 Å². The molecule has 0 radical (unpaired) electrons. The molecule has 0 atom stereocenters. The highest BCUT2D eigenvalue weighted by Crippen LogP contribution is 2.28.